The van der Waals surface area contributed by atoms with E-state index >= 15 is 0 Å². The van der Waals surface area contributed by atoms with Crippen molar-refractivity contribution in [2.24, 2.45) is 0 Å². The fourth-order valence-corrected chi connectivity index (χ4v) is 3.16. The molecule has 0 saturated heterocycles. The van der Waals surface area contributed by atoms with Crippen LogP contribution in [0, 0.1) is 0 Å². The van der Waals surface area contributed by atoms with Crippen molar-refractivity contribution >= 4 is 0 Å². The molecule has 0 aromatic carbocycles. The molecule has 1 nitrogen and oxygen atoms in total. The zero-order valence-corrected chi connectivity index (χ0v) is 11.3. The average molecular weight is 233 g/mol. The molecule has 0 amide bonds. The molecule has 1 aromatic heterocycles. The summed E-state index contributed by atoms with van der Waals surface area (Å²) in [7, 11) is 0. The predicted octanol–water partition coefficient (Wildman–Crippen LogP) is 5.19. The molecule has 1 heteroatoms. The molecule has 0 spiro atoms. The maximum absolute atomic E-state index is 3.47. The van der Waals surface area contributed by atoms with Crippen molar-refractivity contribution in [3.63, 3.8) is 0 Å². The first-order valence-electron chi connectivity index (χ1n) is 7.58. The molecule has 1 aromatic rings. The molecule has 2 rings (SSSR count). The normalized spacial score (nSPS) is 21.4. The Kier molecular flexibility index (Phi) is 5.15. The van der Waals surface area contributed by atoms with Gasteiger partial charge in [-0.05, 0) is 43.2 Å². The Morgan fingerprint density at radius 3 is 2.94 bits per heavy atom. The smallest absolute Gasteiger partial charge is 0.0182 e. The lowest BCUT2D eigenvalue weighted by atomic mass is 9.89. The summed E-state index contributed by atoms with van der Waals surface area (Å²) in [6.45, 7) is 2.30. The lowest BCUT2D eigenvalue weighted by Gasteiger charge is -2.16. The molecule has 96 valence electrons. The van der Waals surface area contributed by atoms with Crippen LogP contribution < -0.4 is 0 Å². The first-order chi connectivity index (χ1) is 8.42. The third kappa shape index (κ3) is 3.62. The van der Waals surface area contributed by atoms with Gasteiger partial charge in [-0.3, -0.25) is 0 Å². The number of fused-ring (bicyclic) bond motifs is 1. The lowest BCUT2D eigenvalue weighted by molar-refractivity contribution is 0.507. The molecule has 0 aliphatic heterocycles. The third-order valence-corrected chi connectivity index (χ3v) is 4.19. The summed E-state index contributed by atoms with van der Waals surface area (Å²) in [4.78, 5) is 3.47. The molecule has 0 fully saturated rings. The van der Waals surface area contributed by atoms with Crippen LogP contribution >= 0.6 is 0 Å². The maximum Gasteiger partial charge on any atom is 0.0182 e. The highest BCUT2D eigenvalue weighted by Gasteiger charge is 2.17. The molecule has 1 aliphatic rings. The van der Waals surface area contributed by atoms with Crippen LogP contribution in [0.1, 0.15) is 81.9 Å². The van der Waals surface area contributed by atoms with Gasteiger partial charge in [-0.25, -0.2) is 0 Å². The number of hydrogen-bond donors (Lipinski definition) is 1. The fraction of sp³-hybridized carbons (Fsp3) is 0.750. The van der Waals surface area contributed by atoms with Crippen LogP contribution in [-0.2, 0) is 6.42 Å². The molecule has 1 unspecified atom stereocenters. The molecule has 0 bridgehead atoms. The van der Waals surface area contributed by atoms with E-state index in [1.165, 1.54) is 69.9 Å². The number of H-pyrrole nitrogens is 1. The molecule has 1 aliphatic carbocycles. The zero-order valence-electron chi connectivity index (χ0n) is 11.3. The Hall–Kier alpha value is -0.720. The third-order valence-electron chi connectivity index (χ3n) is 4.19. The van der Waals surface area contributed by atoms with Crippen molar-refractivity contribution in [2.45, 2.75) is 77.0 Å². The highest BCUT2D eigenvalue weighted by atomic mass is 14.7. The minimum Gasteiger partial charge on any atom is -0.365 e. The van der Waals surface area contributed by atoms with Crippen LogP contribution in [-0.4, -0.2) is 4.98 Å². The van der Waals surface area contributed by atoms with E-state index in [9.17, 15) is 0 Å². The Morgan fingerprint density at radius 2 is 2.06 bits per heavy atom. The Morgan fingerprint density at radius 1 is 1.18 bits per heavy atom. The first-order valence-corrected chi connectivity index (χ1v) is 7.58. The van der Waals surface area contributed by atoms with Gasteiger partial charge in [0, 0.05) is 11.9 Å². The van der Waals surface area contributed by atoms with Gasteiger partial charge < -0.3 is 4.98 Å². The maximum atomic E-state index is 3.47. The van der Waals surface area contributed by atoms with Gasteiger partial charge in [0.1, 0.15) is 0 Å². The lowest BCUT2D eigenvalue weighted by Crippen LogP contribution is -2.01. The van der Waals surface area contributed by atoms with Crippen LogP contribution in [0.2, 0.25) is 0 Å². The van der Waals surface area contributed by atoms with E-state index < -0.39 is 0 Å². The summed E-state index contributed by atoms with van der Waals surface area (Å²) >= 11 is 0. The quantitative estimate of drug-likeness (QED) is 0.689. The highest BCUT2D eigenvalue weighted by molar-refractivity contribution is 5.25. The predicted molar refractivity (Wildman–Crippen MR) is 74.5 cm³/mol. The minimum absolute atomic E-state index is 0.834. The summed E-state index contributed by atoms with van der Waals surface area (Å²) < 4.78 is 0. The van der Waals surface area contributed by atoms with E-state index in [2.05, 4.69) is 24.2 Å². The standard InChI is InChI=1S/C16H27N/c1-2-3-6-9-14-10-7-4-5-8-11-16-15(14)12-13-17-16/h12-14,17H,2-11H2,1H3. The summed E-state index contributed by atoms with van der Waals surface area (Å²) in [6.07, 6.45) is 16.0. The second-order valence-electron chi connectivity index (χ2n) is 5.56. The molecule has 1 N–H and O–H groups in total. The van der Waals surface area contributed by atoms with Crippen molar-refractivity contribution in [3.05, 3.63) is 23.5 Å². The monoisotopic (exact) mass is 233 g/mol. The molecule has 0 radical (unpaired) electrons. The second-order valence-corrected chi connectivity index (χ2v) is 5.56. The number of aryl methyl sites for hydroxylation is 1. The minimum atomic E-state index is 0.834. The first kappa shape index (κ1) is 12.7. The Balaban J connectivity index is 2.02. The van der Waals surface area contributed by atoms with Crippen molar-refractivity contribution in [2.75, 3.05) is 0 Å². The number of aromatic amines is 1. The second kappa shape index (κ2) is 6.88. The molecular weight excluding hydrogens is 206 g/mol. The van der Waals surface area contributed by atoms with Gasteiger partial charge in [0.05, 0.1) is 0 Å². The van der Waals surface area contributed by atoms with Crippen molar-refractivity contribution in [3.8, 4) is 0 Å². The number of rotatable bonds is 4. The van der Waals surface area contributed by atoms with Crippen molar-refractivity contribution < 1.29 is 0 Å². The van der Waals surface area contributed by atoms with E-state index in [1.54, 1.807) is 5.56 Å². The van der Waals surface area contributed by atoms with Gasteiger partial charge in [-0.1, -0.05) is 45.4 Å². The summed E-state index contributed by atoms with van der Waals surface area (Å²) in [5, 5.41) is 0. The Bertz CT molecular complexity index is 313. The summed E-state index contributed by atoms with van der Waals surface area (Å²) in [5.74, 6) is 0.834. The largest absolute Gasteiger partial charge is 0.365 e. The van der Waals surface area contributed by atoms with Crippen LogP contribution in [0.5, 0.6) is 0 Å². The van der Waals surface area contributed by atoms with Gasteiger partial charge in [0.15, 0.2) is 0 Å². The van der Waals surface area contributed by atoms with Crippen molar-refractivity contribution in [1.29, 1.82) is 0 Å². The molecular formula is C16H27N. The van der Waals surface area contributed by atoms with Crippen LogP contribution in [0.3, 0.4) is 0 Å². The van der Waals surface area contributed by atoms with Gasteiger partial charge in [0.2, 0.25) is 0 Å². The number of aromatic nitrogens is 1. The van der Waals surface area contributed by atoms with E-state index in [4.69, 9.17) is 0 Å². The number of nitrogens with one attached hydrogen (secondary N) is 1. The van der Waals surface area contributed by atoms with Gasteiger partial charge in [-0.15, -0.1) is 0 Å². The van der Waals surface area contributed by atoms with Gasteiger partial charge >= 0.3 is 0 Å². The fourth-order valence-electron chi connectivity index (χ4n) is 3.16. The van der Waals surface area contributed by atoms with Crippen LogP contribution in [0.4, 0.5) is 0 Å². The molecule has 1 atom stereocenters. The summed E-state index contributed by atoms with van der Waals surface area (Å²) in [5.41, 5.74) is 3.18. The van der Waals surface area contributed by atoms with Gasteiger partial charge in [-0.2, -0.15) is 0 Å². The van der Waals surface area contributed by atoms with E-state index in [0.717, 1.165) is 5.92 Å². The number of hydrogen-bond acceptors (Lipinski definition) is 0. The van der Waals surface area contributed by atoms with Gasteiger partial charge in [0.25, 0.3) is 0 Å². The Labute approximate surface area is 106 Å². The zero-order chi connectivity index (χ0) is 11.9. The topological polar surface area (TPSA) is 15.8 Å². The van der Waals surface area contributed by atoms with E-state index in [1.807, 2.05) is 0 Å². The van der Waals surface area contributed by atoms with Crippen LogP contribution in [0.15, 0.2) is 12.3 Å². The van der Waals surface area contributed by atoms with E-state index in [0.29, 0.717) is 0 Å². The summed E-state index contributed by atoms with van der Waals surface area (Å²) in [6, 6.07) is 2.34. The van der Waals surface area contributed by atoms with E-state index in [-0.39, 0.29) is 0 Å². The van der Waals surface area contributed by atoms with Crippen molar-refractivity contribution in [1.82, 2.24) is 4.98 Å². The van der Waals surface area contributed by atoms with Crippen LogP contribution in [0.25, 0.3) is 0 Å². The molecule has 1 heterocycles. The molecule has 17 heavy (non-hydrogen) atoms. The SMILES string of the molecule is CCCCCC1CCCCCCc2[nH]ccc21. The number of unbranched alkanes of at least 4 members (excludes halogenated alkanes) is 2. The highest BCUT2D eigenvalue weighted by Crippen LogP contribution is 2.32. The molecule has 0 saturated carbocycles. The average Bonchev–Trinajstić information content (AvgIpc) is 2.80.